The Morgan fingerprint density at radius 2 is 2.25 bits per heavy atom. The number of ether oxygens (including phenoxy) is 1. The molecule has 20 heavy (non-hydrogen) atoms. The summed E-state index contributed by atoms with van der Waals surface area (Å²) in [4.78, 5) is 8.07. The van der Waals surface area contributed by atoms with Gasteiger partial charge in [-0.15, -0.1) is 0 Å². The summed E-state index contributed by atoms with van der Waals surface area (Å²) in [6.07, 6.45) is 0.536. The molecule has 0 bridgehead atoms. The number of hydrogen-bond acceptors (Lipinski definition) is 7. The Morgan fingerprint density at radius 1 is 1.50 bits per heavy atom. The van der Waals surface area contributed by atoms with Gasteiger partial charge in [-0.3, -0.25) is 0 Å². The first kappa shape index (κ1) is 13.3. The Morgan fingerprint density at radius 3 is 2.90 bits per heavy atom. The summed E-state index contributed by atoms with van der Waals surface area (Å²) in [7, 11) is 0. The number of hydrogen-bond donors (Lipinski definition) is 4. The van der Waals surface area contributed by atoms with Crippen LogP contribution in [0.3, 0.4) is 0 Å². The lowest BCUT2D eigenvalue weighted by atomic mass is 9.96. The van der Waals surface area contributed by atoms with Gasteiger partial charge in [-0.05, 0) is 13.0 Å². The van der Waals surface area contributed by atoms with Crippen LogP contribution in [-0.4, -0.2) is 49.1 Å². The van der Waals surface area contributed by atoms with Gasteiger partial charge < -0.3 is 31.0 Å². The number of aliphatic hydroxyl groups excluding tert-OH is 1. The van der Waals surface area contributed by atoms with Crippen LogP contribution in [0.4, 0.5) is 5.82 Å². The molecule has 0 aromatic carbocycles. The number of nitrogens with zero attached hydrogens (tertiary/aromatic N) is 3. The third-order valence-corrected chi connectivity index (χ3v) is 3.78. The third kappa shape index (κ3) is 1.70. The highest BCUT2D eigenvalue weighted by Gasteiger charge is 2.52. The van der Waals surface area contributed by atoms with Crippen LogP contribution in [0.1, 0.15) is 13.2 Å². The van der Waals surface area contributed by atoms with Crippen molar-refractivity contribution in [3.63, 3.8) is 0 Å². The van der Waals surface area contributed by atoms with Crippen LogP contribution in [0, 0.1) is 0 Å². The van der Waals surface area contributed by atoms with Crippen molar-refractivity contribution in [2.24, 2.45) is 5.73 Å². The van der Waals surface area contributed by atoms with Gasteiger partial charge in [0.05, 0.1) is 5.39 Å². The van der Waals surface area contributed by atoms with E-state index in [1.54, 1.807) is 16.8 Å². The van der Waals surface area contributed by atoms with Gasteiger partial charge in [0.1, 0.15) is 35.6 Å². The van der Waals surface area contributed by atoms with Crippen LogP contribution >= 0.6 is 0 Å². The molecule has 2 aromatic heterocycles. The molecule has 0 aliphatic carbocycles. The maximum Gasteiger partial charge on any atom is 0.167 e. The fourth-order valence-corrected chi connectivity index (χ4v) is 2.61. The van der Waals surface area contributed by atoms with Crippen molar-refractivity contribution in [1.29, 1.82) is 0 Å². The van der Waals surface area contributed by atoms with Gasteiger partial charge in [-0.2, -0.15) is 0 Å². The van der Waals surface area contributed by atoms with E-state index in [9.17, 15) is 10.2 Å². The number of aromatic nitrogens is 3. The lowest BCUT2D eigenvalue weighted by molar-refractivity contribution is -0.0935. The molecule has 8 heteroatoms. The number of fused-ring (bicyclic) bond motifs is 1. The van der Waals surface area contributed by atoms with Gasteiger partial charge >= 0.3 is 0 Å². The second kappa shape index (κ2) is 4.38. The average molecular weight is 279 g/mol. The Balaban J connectivity index is 2.10. The molecule has 1 aliphatic rings. The monoisotopic (exact) mass is 279 g/mol. The molecule has 8 nitrogen and oxygen atoms in total. The molecule has 108 valence electrons. The van der Waals surface area contributed by atoms with Crippen molar-refractivity contribution >= 4 is 16.9 Å². The lowest BCUT2D eigenvalue weighted by Gasteiger charge is -2.27. The number of nitrogen functional groups attached to an aromatic ring is 1. The minimum Gasteiger partial charge on any atom is -0.387 e. The second-order valence-corrected chi connectivity index (χ2v) is 5.15. The number of nitrogens with two attached hydrogens (primary N) is 2. The molecule has 3 rings (SSSR count). The molecule has 3 heterocycles. The zero-order valence-electron chi connectivity index (χ0n) is 11.0. The van der Waals surface area contributed by atoms with Crippen LogP contribution in [0.15, 0.2) is 18.6 Å². The van der Waals surface area contributed by atoms with Crippen molar-refractivity contribution in [2.45, 2.75) is 31.0 Å². The van der Waals surface area contributed by atoms with E-state index >= 15 is 0 Å². The van der Waals surface area contributed by atoms with Crippen molar-refractivity contribution < 1.29 is 14.9 Å². The molecule has 6 N–H and O–H groups in total. The number of rotatable bonds is 2. The number of aliphatic hydroxyl groups is 2. The van der Waals surface area contributed by atoms with Crippen molar-refractivity contribution in [1.82, 2.24) is 14.5 Å². The normalized spacial score (nSPS) is 33.9. The molecule has 0 spiro atoms. The summed E-state index contributed by atoms with van der Waals surface area (Å²) >= 11 is 0. The smallest absolute Gasteiger partial charge is 0.167 e. The first-order chi connectivity index (χ1) is 9.46. The largest absolute Gasteiger partial charge is 0.387 e. The Bertz CT molecular complexity index is 641. The SMILES string of the molecule is CC1(O)C(O)[C@@H](CN)O[C@H]1n1ccc2c(N)ncnc21. The van der Waals surface area contributed by atoms with E-state index < -0.39 is 24.0 Å². The Labute approximate surface area is 115 Å². The fraction of sp³-hybridized carbons (Fsp3) is 0.500. The van der Waals surface area contributed by atoms with Gasteiger partial charge in [0.2, 0.25) is 0 Å². The molecular weight excluding hydrogens is 262 g/mol. The summed E-state index contributed by atoms with van der Waals surface area (Å²) in [5.74, 6) is 0.349. The molecule has 0 amide bonds. The lowest BCUT2D eigenvalue weighted by Crippen LogP contribution is -2.45. The molecular formula is C12H17N5O3. The highest BCUT2D eigenvalue weighted by molar-refractivity contribution is 5.86. The summed E-state index contributed by atoms with van der Waals surface area (Å²) in [5, 5.41) is 21.3. The van der Waals surface area contributed by atoms with Gasteiger partial charge in [-0.25, -0.2) is 9.97 Å². The fourth-order valence-electron chi connectivity index (χ4n) is 2.61. The standard InChI is InChI=1S/C12H17N5O3/c1-12(19)8(18)7(4-13)20-11(12)17-3-2-6-9(14)15-5-16-10(6)17/h2-3,5,7-8,11,18-19H,4,13H2,1H3,(H2,14,15,16)/t7-,8?,11-,12?/m1/s1. The van der Waals surface area contributed by atoms with E-state index in [-0.39, 0.29) is 6.54 Å². The molecule has 1 aliphatic heterocycles. The van der Waals surface area contributed by atoms with E-state index in [0.717, 1.165) is 0 Å². The Kier molecular flexibility index (Phi) is 2.91. The van der Waals surface area contributed by atoms with E-state index in [1.807, 2.05) is 0 Å². The molecule has 2 aromatic rings. The van der Waals surface area contributed by atoms with Gasteiger partial charge in [0.15, 0.2) is 6.23 Å². The second-order valence-electron chi connectivity index (χ2n) is 5.15. The summed E-state index contributed by atoms with van der Waals surface area (Å²) in [5.41, 5.74) is 10.4. The zero-order chi connectivity index (χ0) is 14.5. The first-order valence-corrected chi connectivity index (χ1v) is 6.29. The molecule has 0 saturated carbocycles. The predicted octanol–water partition coefficient (Wildman–Crippen LogP) is -1.02. The van der Waals surface area contributed by atoms with Crippen molar-refractivity contribution in [2.75, 3.05) is 12.3 Å². The minimum absolute atomic E-state index is 0.115. The van der Waals surface area contributed by atoms with Crippen molar-refractivity contribution in [3.8, 4) is 0 Å². The zero-order valence-corrected chi connectivity index (χ0v) is 11.0. The highest BCUT2D eigenvalue weighted by Crippen LogP contribution is 2.39. The van der Waals surface area contributed by atoms with E-state index in [2.05, 4.69) is 9.97 Å². The van der Waals surface area contributed by atoms with E-state index in [4.69, 9.17) is 16.2 Å². The summed E-state index contributed by atoms with van der Waals surface area (Å²) in [6.45, 7) is 1.62. The van der Waals surface area contributed by atoms with Crippen LogP contribution < -0.4 is 11.5 Å². The van der Waals surface area contributed by atoms with Crippen molar-refractivity contribution in [3.05, 3.63) is 18.6 Å². The van der Waals surface area contributed by atoms with Gasteiger partial charge in [-0.1, -0.05) is 0 Å². The Hall–Kier alpha value is -1.74. The molecule has 4 atom stereocenters. The minimum atomic E-state index is -1.48. The predicted molar refractivity (Wildman–Crippen MR) is 71.5 cm³/mol. The van der Waals surface area contributed by atoms with E-state index in [0.29, 0.717) is 16.9 Å². The quantitative estimate of drug-likeness (QED) is 0.553. The maximum absolute atomic E-state index is 10.5. The van der Waals surface area contributed by atoms with Crippen LogP contribution in [-0.2, 0) is 4.74 Å². The summed E-state index contributed by atoms with van der Waals surface area (Å²) in [6, 6.07) is 1.74. The maximum atomic E-state index is 10.5. The van der Waals surface area contributed by atoms with Gasteiger partial charge in [0, 0.05) is 12.7 Å². The first-order valence-electron chi connectivity index (χ1n) is 6.29. The molecule has 1 saturated heterocycles. The average Bonchev–Trinajstić information content (AvgIpc) is 2.92. The highest BCUT2D eigenvalue weighted by atomic mass is 16.6. The van der Waals surface area contributed by atoms with Crippen LogP contribution in [0.2, 0.25) is 0 Å². The molecule has 2 unspecified atom stereocenters. The third-order valence-electron chi connectivity index (χ3n) is 3.78. The van der Waals surface area contributed by atoms with E-state index in [1.165, 1.54) is 13.3 Å². The number of anilines is 1. The van der Waals surface area contributed by atoms with Crippen LogP contribution in [0.25, 0.3) is 11.0 Å². The molecule has 1 fully saturated rings. The van der Waals surface area contributed by atoms with Crippen LogP contribution in [0.5, 0.6) is 0 Å². The topological polar surface area (TPSA) is 132 Å². The summed E-state index contributed by atoms with van der Waals surface area (Å²) < 4.78 is 7.30. The molecule has 0 radical (unpaired) electrons. The van der Waals surface area contributed by atoms with Gasteiger partial charge in [0.25, 0.3) is 0 Å².